The van der Waals surface area contributed by atoms with Crippen LogP contribution in [0.3, 0.4) is 0 Å². The summed E-state index contributed by atoms with van der Waals surface area (Å²) in [5.74, 6) is 0.382. The summed E-state index contributed by atoms with van der Waals surface area (Å²) >= 11 is 0. The molecule has 0 aliphatic carbocycles. The average Bonchev–Trinajstić information content (AvgIpc) is 2.41. The third-order valence-corrected chi connectivity index (χ3v) is 4.85. The van der Waals surface area contributed by atoms with Crippen molar-refractivity contribution in [2.45, 2.75) is 73.4 Å². The molecule has 3 unspecified atom stereocenters. The molecule has 4 nitrogen and oxygen atoms in total. The first kappa shape index (κ1) is 18.0. The predicted molar refractivity (Wildman–Crippen MR) is 85.8 cm³/mol. The smallest absolute Gasteiger partial charge is 0.246 e. The molecule has 0 aromatic rings. The summed E-state index contributed by atoms with van der Waals surface area (Å²) in [5.41, 5.74) is 0.0282. The largest absolute Gasteiger partial charge is 0.342 e. The van der Waals surface area contributed by atoms with Crippen molar-refractivity contribution in [2.75, 3.05) is 6.54 Å². The maximum absolute atomic E-state index is 12.9. The number of piperazine rings is 1. The Kier molecular flexibility index (Phi) is 5.83. The molecule has 1 aliphatic heterocycles. The Morgan fingerprint density at radius 1 is 1.19 bits per heavy atom. The van der Waals surface area contributed by atoms with Crippen molar-refractivity contribution in [3.63, 3.8) is 0 Å². The molecule has 2 amide bonds. The maximum atomic E-state index is 12.9. The predicted octanol–water partition coefficient (Wildman–Crippen LogP) is 2.82. The first-order valence-electron chi connectivity index (χ1n) is 8.25. The molecule has 1 heterocycles. The quantitative estimate of drug-likeness (QED) is 0.819. The summed E-state index contributed by atoms with van der Waals surface area (Å²) in [5, 5.41) is 2.95. The van der Waals surface area contributed by atoms with E-state index < -0.39 is 0 Å². The Balaban J connectivity index is 3.09. The Morgan fingerprint density at radius 3 is 2.19 bits per heavy atom. The first-order chi connectivity index (χ1) is 9.64. The molecule has 1 saturated heterocycles. The van der Waals surface area contributed by atoms with Crippen molar-refractivity contribution in [3.8, 4) is 0 Å². The van der Waals surface area contributed by atoms with Gasteiger partial charge in [-0.3, -0.25) is 9.59 Å². The minimum atomic E-state index is -0.370. The fourth-order valence-electron chi connectivity index (χ4n) is 2.79. The highest BCUT2D eigenvalue weighted by molar-refractivity contribution is 5.97. The van der Waals surface area contributed by atoms with E-state index in [1.54, 1.807) is 0 Å². The Hall–Kier alpha value is -1.06. The van der Waals surface area contributed by atoms with Gasteiger partial charge in [0.05, 0.1) is 0 Å². The zero-order chi connectivity index (χ0) is 16.4. The third-order valence-electron chi connectivity index (χ3n) is 4.85. The molecular weight excluding hydrogens is 264 g/mol. The molecule has 4 heteroatoms. The second kappa shape index (κ2) is 6.80. The van der Waals surface area contributed by atoms with E-state index >= 15 is 0 Å². The lowest BCUT2D eigenvalue weighted by Gasteiger charge is -2.45. The normalized spacial score (nSPS) is 25.2. The van der Waals surface area contributed by atoms with Crippen molar-refractivity contribution < 1.29 is 9.59 Å². The van der Waals surface area contributed by atoms with Gasteiger partial charge in [-0.25, -0.2) is 0 Å². The van der Waals surface area contributed by atoms with Crippen molar-refractivity contribution in [1.82, 2.24) is 10.2 Å². The number of amides is 2. The first-order valence-corrected chi connectivity index (χ1v) is 8.25. The van der Waals surface area contributed by atoms with Crippen LogP contribution in [0.1, 0.15) is 61.3 Å². The van der Waals surface area contributed by atoms with Crippen LogP contribution in [0, 0.1) is 17.3 Å². The summed E-state index contributed by atoms with van der Waals surface area (Å²) in [6.07, 6.45) is 1.87. The summed E-state index contributed by atoms with van der Waals surface area (Å²) in [4.78, 5) is 27.2. The van der Waals surface area contributed by atoms with Crippen molar-refractivity contribution in [3.05, 3.63) is 0 Å². The molecule has 1 fully saturated rings. The molecule has 0 saturated carbocycles. The molecular formula is C17H32N2O2. The molecule has 1 rings (SSSR count). The zero-order valence-corrected chi connectivity index (χ0v) is 14.7. The van der Waals surface area contributed by atoms with Gasteiger partial charge in [0.2, 0.25) is 11.8 Å². The molecule has 122 valence electrons. The van der Waals surface area contributed by atoms with Crippen LogP contribution in [0.5, 0.6) is 0 Å². The summed E-state index contributed by atoms with van der Waals surface area (Å²) in [6, 6.07) is -0.714. The fourth-order valence-corrected chi connectivity index (χ4v) is 2.79. The number of nitrogens with zero attached hydrogens (tertiary/aromatic N) is 1. The molecule has 0 aromatic carbocycles. The lowest BCUT2D eigenvalue weighted by molar-refractivity contribution is -0.154. The van der Waals surface area contributed by atoms with E-state index in [0.717, 1.165) is 12.8 Å². The minimum Gasteiger partial charge on any atom is -0.342 e. The lowest BCUT2D eigenvalue weighted by Crippen LogP contribution is -2.67. The van der Waals surface area contributed by atoms with Gasteiger partial charge in [-0.1, -0.05) is 54.9 Å². The van der Waals surface area contributed by atoms with Crippen LogP contribution in [0.4, 0.5) is 0 Å². The number of nitrogens with one attached hydrogen (secondary N) is 1. The number of carbonyl (C=O) groups is 2. The van der Waals surface area contributed by atoms with Gasteiger partial charge >= 0.3 is 0 Å². The molecule has 3 atom stereocenters. The third kappa shape index (κ3) is 3.98. The molecule has 0 spiro atoms. The Labute approximate surface area is 129 Å². The van der Waals surface area contributed by atoms with Gasteiger partial charge in [-0.05, 0) is 23.7 Å². The van der Waals surface area contributed by atoms with E-state index in [0.29, 0.717) is 6.54 Å². The van der Waals surface area contributed by atoms with E-state index in [2.05, 4.69) is 33.0 Å². The standard InChI is InChI=1S/C17H32N2O2/c1-8-12(5)13-16(21)19(10-17(6,7)9-2)14(11(3)4)15(20)18-13/h11-14H,8-10H2,1-7H3,(H,18,20). The van der Waals surface area contributed by atoms with Crippen molar-refractivity contribution >= 4 is 11.8 Å². The highest BCUT2D eigenvalue weighted by atomic mass is 16.2. The van der Waals surface area contributed by atoms with Gasteiger partial charge in [0, 0.05) is 6.54 Å². The van der Waals surface area contributed by atoms with E-state index in [-0.39, 0.29) is 41.1 Å². The highest BCUT2D eigenvalue weighted by Gasteiger charge is 2.44. The number of carbonyl (C=O) groups excluding carboxylic acids is 2. The summed E-state index contributed by atoms with van der Waals surface area (Å²) < 4.78 is 0. The topological polar surface area (TPSA) is 49.4 Å². The molecule has 1 N–H and O–H groups in total. The van der Waals surface area contributed by atoms with E-state index in [9.17, 15) is 9.59 Å². The van der Waals surface area contributed by atoms with Gasteiger partial charge in [-0.2, -0.15) is 0 Å². The molecule has 0 radical (unpaired) electrons. The van der Waals surface area contributed by atoms with Crippen LogP contribution in [0.25, 0.3) is 0 Å². The van der Waals surface area contributed by atoms with Crippen LogP contribution in [0.15, 0.2) is 0 Å². The van der Waals surface area contributed by atoms with Gasteiger partial charge in [-0.15, -0.1) is 0 Å². The SMILES string of the molecule is CCC(C)C1NC(=O)C(C(C)C)N(CC(C)(C)CC)C1=O. The minimum absolute atomic E-state index is 0.00167. The Morgan fingerprint density at radius 2 is 1.76 bits per heavy atom. The number of hydrogen-bond donors (Lipinski definition) is 1. The van der Waals surface area contributed by atoms with Crippen LogP contribution in [0.2, 0.25) is 0 Å². The average molecular weight is 296 g/mol. The summed E-state index contributed by atoms with van der Waals surface area (Å²) in [6.45, 7) is 15.2. The van der Waals surface area contributed by atoms with E-state index in [4.69, 9.17) is 0 Å². The van der Waals surface area contributed by atoms with Gasteiger partial charge < -0.3 is 10.2 Å². The Bertz CT molecular complexity index is 390. The van der Waals surface area contributed by atoms with Gasteiger partial charge in [0.15, 0.2) is 0 Å². The van der Waals surface area contributed by atoms with Crippen LogP contribution in [-0.2, 0) is 9.59 Å². The molecule has 0 bridgehead atoms. The van der Waals surface area contributed by atoms with Crippen molar-refractivity contribution in [1.29, 1.82) is 0 Å². The monoisotopic (exact) mass is 296 g/mol. The second-order valence-corrected chi connectivity index (χ2v) is 7.54. The maximum Gasteiger partial charge on any atom is 0.246 e. The number of hydrogen-bond acceptors (Lipinski definition) is 2. The molecule has 1 aliphatic rings. The van der Waals surface area contributed by atoms with Crippen LogP contribution >= 0.6 is 0 Å². The highest BCUT2D eigenvalue weighted by Crippen LogP contribution is 2.28. The molecule has 21 heavy (non-hydrogen) atoms. The van der Waals surface area contributed by atoms with E-state index in [1.807, 2.05) is 25.7 Å². The zero-order valence-electron chi connectivity index (χ0n) is 14.7. The van der Waals surface area contributed by atoms with E-state index in [1.165, 1.54) is 0 Å². The fraction of sp³-hybridized carbons (Fsp3) is 0.882. The molecule has 0 aromatic heterocycles. The van der Waals surface area contributed by atoms with Crippen molar-refractivity contribution in [2.24, 2.45) is 17.3 Å². The lowest BCUT2D eigenvalue weighted by atomic mass is 9.85. The second-order valence-electron chi connectivity index (χ2n) is 7.54. The van der Waals surface area contributed by atoms with Crippen LogP contribution < -0.4 is 5.32 Å². The summed E-state index contributed by atoms with van der Waals surface area (Å²) in [7, 11) is 0. The van der Waals surface area contributed by atoms with Crippen LogP contribution in [-0.4, -0.2) is 35.3 Å². The van der Waals surface area contributed by atoms with Gasteiger partial charge in [0.1, 0.15) is 12.1 Å². The van der Waals surface area contributed by atoms with Gasteiger partial charge in [0.25, 0.3) is 0 Å². The number of rotatable bonds is 6.